The third kappa shape index (κ3) is 1.65. The second kappa shape index (κ2) is 3.80. The molecule has 0 bridgehead atoms. The fraction of sp³-hybridized carbons (Fsp3) is 0.455. The van der Waals surface area contributed by atoms with Crippen molar-refractivity contribution in [3.05, 3.63) is 30.1 Å². The lowest BCUT2D eigenvalue weighted by Crippen LogP contribution is -2.24. The third-order valence-corrected chi connectivity index (χ3v) is 3.37. The molecule has 0 spiro atoms. The summed E-state index contributed by atoms with van der Waals surface area (Å²) in [5.41, 5.74) is 6.79. The molecule has 6 heteroatoms. The lowest BCUT2D eigenvalue weighted by molar-refractivity contribution is 0.337. The summed E-state index contributed by atoms with van der Waals surface area (Å²) in [6.07, 6.45) is 7.23. The summed E-state index contributed by atoms with van der Waals surface area (Å²) in [4.78, 5) is 12.4. The number of rotatable bonds is 1. The van der Waals surface area contributed by atoms with Gasteiger partial charge in [0.2, 0.25) is 5.95 Å². The van der Waals surface area contributed by atoms with E-state index in [1.165, 1.54) is 0 Å². The Bertz CT molecular complexity index is 520. The van der Waals surface area contributed by atoms with Crippen molar-refractivity contribution >= 4 is 5.95 Å². The van der Waals surface area contributed by atoms with Crippen LogP contribution in [-0.4, -0.2) is 24.7 Å². The fourth-order valence-electron chi connectivity index (χ4n) is 2.51. The monoisotopic (exact) mass is 230 g/mol. The van der Waals surface area contributed by atoms with Crippen molar-refractivity contribution < 1.29 is 0 Å². The lowest BCUT2D eigenvalue weighted by atomic mass is 9.87. The Morgan fingerprint density at radius 1 is 1.35 bits per heavy atom. The Morgan fingerprint density at radius 2 is 2.12 bits per heavy atom. The highest BCUT2D eigenvalue weighted by molar-refractivity contribution is 5.20. The van der Waals surface area contributed by atoms with Gasteiger partial charge in [0.1, 0.15) is 12.2 Å². The minimum atomic E-state index is 0.245. The quantitative estimate of drug-likeness (QED) is 0.788. The molecule has 0 saturated carbocycles. The summed E-state index contributed by atoms with van der Waals surface area (Å²) < 4.78 is 1.93. The van der Waals surface area contributed by atoms with Crippen LogP contribution in [0.1, 0.15) is 36.7 Å². The molecule has 2 aromatic heterocycles. The summed E-state index contributed by atoms with van der Waals surface area (Å²) in [5.74, 6) is 1.71. The van der Waals surface area contributed by atoms with Gasteiger partial charge in [0.05, 0.1) is 6.04 Å². The Hall–Kier alpha value is -1.98. The molecule has 0 amide bonds. The van der Waals surface area contributed by atoms with E-state index in [1.54, 1.807) is 6.33 Å². The summed E-state index contributed by atoms with van der Waals surface area (Å²) in [6.45, 7) is 2.13. The Morgan fingerprint density at radius 3 is 2.88 bits per heavy atom. The van der Waals surface area contributed by atoms with E-state index in [0.29, 0.717) is 11.9 Å². The van der Waals surface area contributed by atoms with E-state index < -0.39 is 0 Å². The maximum atomic E-state index is 5.64. The standard InChI is InChI=1S/C11H14N6/c1-7-9(8-4-13-6-14-5-8)2-3-10-15-11(12)16-17(7)10/h4-7,9H,2-3H2,1H3,(H2,12,16). The van der Waals surface area contributed by atoms with Crippen LogP contribution in [0.15, 0.2) is 18.7 Å². The highest BCUT2D eigenvalue weighted by atomic mass is 15.4. The van der Waals surface area contributed by atoms with Gasteiger partial charge in [-0.1, -0.05) is 0 Å². The van der Waals surface area contributed by atoms with Crippen molar-refractivity contribution in [3.8, 4) is 0 Å². The molecule has 2 atom stereocenters. The molecule has 1 aliphatic heterocycles. The number of nitrogen functional groups attached to an aromatic ring is 1. The van der Waals surface area contributed by atoms with Gasteiger partial charge in [-0.05, 0) is 18.9 Å². The maximum absolute atomic E-state index is 5.64. The van der Waals surface area contributed by atoms with Gasteiger partial charge >= 0.3 is 0 Å². The van der Waals surface area contributed by atoms with Crippen LogP contribution in [0.3, 0.4) is 0 Å². The SMILES string of the molecule is CC1C(c2cncnc2)CCc2nc(N)nn21. The highest BCUT2D eigenvalue weighted by Crippen LogP contribution is 2.36. The third-order valence-electron chi connectivity index (χ3n) is 3.37. The average Bonchev–Trinajstić information content (AvgIpc) is 2.72. The van der Waals surface area contributed by atoms with Gasteiger partial charge in [0.15, 0.2) is 0 Å². The first-order chi connectivity index (χ1) is 8.25. The molecule has 1 aliphatic rings. The average molecular weight is 230 g/mol. The van der Waals surface area contributed by atoms with E-state index in [0.717, 1.165) is 24.2 Å². The molecule has 3 heterocycles. The van der Waals surface area contributed by atoms with E-state index in [2.05, 4.69) is 27.0 Å². The molecular weight excluding hydrogens is 216 g/mol. The predicted molar refractivity (Wildman–Crippen MR) is 62.2 cm³/mol. The van der Waals surface area contributed by atoms with Gasteiger partial charge in [-0.2, -0.15) is 4.98 Å². The van der Waals surface area contributed by atoms with Crippen LogP contribution in [0.25, 0.3) is 0 Å². The van der Waals surface area contributed by atoms with Gasteiger partial charge < -0.3 is 5.73 Å². The topological polar surface area (TPSA) is 82.5 Å². The number of aryl methyl sites for hydroxylation is 1. The van der Waals surface area contributed by atoms with Gasteiger partial charge in [-0.25, -0.2) is 14.6 Å². The molecule has 0 aromatic carbocycles. The van der Waals surface area contributed by atoms with Crippen LogP contribution in [-0.2, 0) is 6.42 Å². The first-order valence-corrected chi connectivity index (χ1v) is 5.71. The number of aromatic nitrogens is 5. The molecule has 0 fully saturated rings. The molecule has 88 valence electrons. The molecule has 17 heavy (non-hydrogen) atoms. The Labute approximate surface area is 98.9 Å². The van der Waals surface area contributed by atoms with Crippen molar-refractivity contribution in [2.24, 2.45) is 0 Å². The predicted octanol–water partition coefficient (Wildman–Crippen LogP) is 0.941. The Balaban J connectivity index is 1.96. The van der Waals surface area contributed by atoms with E-state index in [1.807, 2.05) is 17.1 Å². The zero-order valence-corrected chi connectivity index (χ0v) is 9.61. The van der Waals surface area contributed by atoms with E-state index in [-0.39, 0.29) is 6.04 Å². The van der Waals surface area contributed by atoms with Crippen LogP contribution in [0.5, 0.6) is 0 Å². The summed E-state index contributed by atoms with van der Waals surface area (Å²) >= 11 is 0. The van der Waals surface area contributed by atoms with Gasteiger partial charge in [0.25, 0.3) is 0 Å². The van der Waals surface area contributed by atoms with Gasteiger partial charge in [-0.15, -0.1) is 5.10 Å². The van der Waals surface area contributed by atoms with E-state index in [4.69, 9.17) is 5.73 Å². The second-order valence-electron chi connectivity index (χ2n) is 4.39. The zero-order valence-electron chi connectivity index (χ0n) is 9.61. The maximum Gasteiger partial charge on any atom is 0.239 e. The van der Waals surface area contributed by atoms with Crippen molar-refractivity contribution in [2.75, 3.05) is 5.73 Å². The van der Waals surface area contributed by atoms with Crippen molar-refractivity contribution in [3.63, 3.8) is 0 Å². The molecular formula is C11H14N6. The highest BCUT2D eigenvalue weighted by Gasteiger charge is 2.29. The lowest BCUT2D eigenvalue weighted by Gasteiger charge is -2.29. The summed E-state index contributed by atoms with van der Waals surface area (Å²) in [7, 11) is 0. The van der Waals surface area contributed by atoms with Crippen molar-refractivity contribution in [1.82, 2.24) is 24.7 Å². The van der Waals surface area contributed by atoms with Crippen molar-refractivity contribution in [2.45, 2.75) is 31.7 Å². The number of nitrogens with zero attached hydrogens (tertiary/aromatic N) is 5. The second-order valence-corrected chi connectivity index (χ2v) is 4.39. The zero-order chi connectivity index (χ0) is 11.8. The van der Waals surface area contributed by atoms with Crippen LogP contribution in [0.4, 0.5) is 5.95 Å². The van der Waals surface area contributed by atoms with Crippen LogP contribution in [0.2, 0.25) is 0 Å². The van der Waals surface area contributed by atoms with E-state index in [9.17, 15) is 0 Å². The number of hydrogen-bond acceptors (Lipinski definition) is 5. The number of hydrogen-bond donors (Lipinski definition) is 1. The first kappa shape index (κ1) is 10.2. The minimum absolute atomic E-state index is 0.245. The van der Waals surface area contributed by atoms with Crippen molar-refractivity contribution in [1.29, 1.82) is 0 Å². The van der Waals surface area contributed by atoms with Crippen LogP contribution >= 0.6 is 0 Å². The smallest absolute Gasteiger partial charge is 0.239 e. The van der Waals surface area contributed by atoms with Crippen LogP contribution < -0.4 is 5.73 Å². The molecule has 2 unspecified atom stereocenters. The number of fused-ring (bicyclic) bond motifs is 1. The summed E-state index contributed by atoms with van der Waals surface area (Å²) in [5, 5.41) is 4.25. The molecule has 0 radical (unpaired) electrons. The molecule has 2 aromatic rings. The largest absolute Gasteiger partial charge is 0.366 e. The van der Waals surface area contributed by atoms with Gasteiger partial charge in [0, 0.05) is 24.7 Å². The van der Waals surface area contributed by atoms with E-state index >= 15 is 0 Å². The number of nitrogens with two attached hydrogens (primary N) is 1. The Kier molecular flexibility index (Phi) is 2.28. The molecule has 2 N–H and O–H groups in total. The van der Waals surface area contributed by atoms with Gasteiger partial charge in [-0.3, -0.25) is 0 Å². The van der Waals surface area contributed by atoms with Crippen LogP contribution in [0, 0.1) is 0 Å². The summed E-state index contributed by atoms with van der Waals surface area (Å²) in [6, 6.07) is 0.245. The molecule has 3 rings (SSSR count). The number of anilines is 1. The normalized spacial score (nSPS) is 23.4. The minimum Gasteiger partial charge on any atom is -0.366 e. The molecule has 0 saturated heterocycles. The molecule has 6 nitrogen and oxygen atoms in total. The fourth-order valence-corrected chi connectivity index (χ4v) is 2.51. The molecule has 0 aliphatic carbocycles. The first-order valence-electron chi connectivity index (χ1n) is 5.71.